The van der Waals surface area contributed by atoms with Crippen molar-refractivity contribution in [2.24, 2.45) is 70.3 Å². The van der Waals surface area contributed by atoms with E-state index in [1.165, 1.54) is 114 Å². The smallest absolute Gasteiger partial charge is 0.213 e. The van der Waals surface area contributed by atoms with E-state index in [1.54, 1.807) is 55.0 Å². The molecule has 0 amide bonds. The molecule has 0 radical (unpaired) electrons. The minimum absolute atomic E-state index is 0.458. The van der Waals surface area contributed by atoms with Gasteiger partial charge in [0.05, 0.1) is 56.6 Å². The molecule has 0 fully saturated rings. The van der Waals surface area contributed by atoms with Crippen molar-refractivity contribution in [1.82, 2.24) is 37.2 Å². The molecule has 83 heavy (non-hydrogen) atoms. The number of nitrogens with zero attached hydrogens (tertiary/aromatic N) is 16. The van der Waals surface area contributed by atoms with Crippen LogP contribution in [0.4, 0.5) is 0 Å². The first-order valence-electron chi connectivity index (χ1n) is 28.7. The first-order valence-corrected chi connectivity index (χ1v) is 30.8. The zero-order valence-electron chi connectivity index (χ0n) is 48.7. The highest BCUT2D eigenvalue weighted by Gasteiger charge is 1.93. The first-order chi connectivity index (χ1) is 41.5. The molecule has 15 rings (SSSR count). The van der Waals surface area contributed by atoms with E-state index in [-0.39, 0.29) is 0 Å². The van der Waals surface area contributed by atoms with E-state index in [0.717, 1.165) is 144 Å². The number of oxime groups is 2. The second-order valence-corrected chi connectivity index (χ2v) is 18.7. The van der Waals surface area contributed by atoms with Crippen molar-refractivity contribution < 1.29 is 33.3 Å². The van der Waals surface area contributed by atoms with Gasteiger partial charge in [0.25, 0.3) is 0 Å². The molecule has 14 aliphatic rings. The third kappa shape index (κ3) is 69.5. The molecule has 0 bridgehead atoms. The summed E-state index contributed by atoms with van der Waals surface area (Å²) in [6.45, 7) is 17.3. The Balaban J connectivity index is 0.000000445. The molecule has 0 spiro atoms. The number of thioether (sulfide) groups is 2. The Morgan fingerprint density at radius 3 is 1.27 bits per heavy atom. The van der Waals surface area contributed by atoms with Crippen LogP contribution in [0.5, 0.6) is 0 Å². The molecule has 28 nitrogen and oxygen atoms in total. The molecular weight excluding hydrogens is 1110 g/mol. The highest BCUT2D eigenvalue weighted by Crippen LogP contribution is 2.03. The van der Waals surface area contributed by atoms with Crippen LogP contribution in [-0.2, 0) is 28.8 Å². The molecular formula is C53H95N21O7S2. The Kier molecular flexibility index (Phi) is 64.0. The fraction of sp³-hybridized carbons (Fsp3) is 0.698. The van der Waals surface area contributed by atoms with Crippen molar-refractivity contribution >= 4 is 110 Å². The van der Waals surface area contributed by atoms with Crippen LogP contribution in [0, 0.1) is 0 Å². The third-order valence-electron chi connectivity index (χ3n) is 9.70. The molecule has 1 aromatic heterocycles. The number of aromatic nitrogens is 2. The molecule has 0 atom stereocenters. The van der Waals surface area contributed by atoms with Crippen molar-refractivity contribution in [3.05, 3.63) is 12.7 Å². The molecule has 0 unspecified atom stereocenters. The quantitative estimate of drug-likeness (QED) is 0.199. The molecule has 0 saturated heterocycles. The third-order valence-corrected chi connectivity index (χ3v) is 11.2. The largest absolute Gasteiger partial charge is 0.483 e. The zero-order chi connectivity index (χ0) is 58.7. The number of nitrogens with one attached hydrogen (secondary N) is 5. The Bertz CT molecular complexity index is 1500. The van der Waals surface area contributed by atoms with Gasteiger partial charge in [-0.05, 0) is 95.7 Å². The summed E-state index contributed by atoms with van der Waals surface area (Å²) in [5.74, 6) is 2.46. The van der Waals surface area contributed by atoms with E-state index in [4.69, 9.17) is 4.74 Å². The van der Waals surface area contributed by atoms with Gasteiger partial charge in [0.1, 0.15) is 32.5 Å². The van der Waals surface area contributed by atoms with Gasteiger partial charge in [0.2, 0.25) is 6.39 Å². The van der Waals surface area contributed by atoms with Crippen LogP contribution < -0.4 is 27.0 Å². The molecule has 0 aliphatic carbocycles. The molecule has 466 valence electrons. The lowest BCUT2D eigenvalue weighted by Crippen LogP contribution is -2.19. The predicted molar refractivity (Wildman–Crippen MR) is 347 cm³/mol. The van der Waals surface area contributed by atoms with Crippen LogP contribution in [0.2, 0.25) is 0 Å². The maximum atomic E-state index is 4.78. The summed E-state index contributed by atoms with van der Waals surface area (Å²) in [6, 6.07) is 0. The van der Waals surface area contributed by atoms with Crippen LogP contribution in [0.3, 0.4) is 0 Å². The average molecular weight is 1200 g/mol. The number of hydrogen-bond donors (Lipinski definition) is 5. The fourth-order valence-corrected chi connectivity index (χ4v) is 6.73. The number of hydrazone groups is 1. The molecule has 5 N–H and O–H groups in total. The SMILES string of the molecule is C1=NCCC1.C1=NCCCC1.C1=NCCCCC1.C1=NCCCN1.C1=NCCCO1.C1=NCCCS1.C1=NCCN1.C1=NCCO1.C1=NCCON1.C1=NCCS1.C1=NCON1.C1=NNCC1.C1=NOCC1.C1=NOCCC1.c1ncon1. The molecule has 14 aliphatic heterocycles. The van der Waals surface area contributed by atoms with Gasteiger partial charge < -0.3 is 39.7 Å². The van der Waals surface area contributed by atoms with Gasteiger partial charge in [-0.2, -0.15) is 5.10 Å². The number of hydrogen-bond acceptors (Lipinski definition) is 30. The lowest BCUT2D eigenvalue weighted by molar-refractivity contribution is 0.0864. The zero-order valence-corrected chi connectivity index (χ0v) is 50.4. The summed E-state index contributed by atoms with van der Waals surface area (Å²) < 4.78 is 13.7. The summed E-state index contributed by atoms with van der Waals surface area (Å²) in [6.07, 6.45) is 43.1. The maximum Gasteiger partial charge on any atom is 0.213 e. The molecule has 1 aromatic rings. The van der Waals surface area contributed by atoms with E-state index in [9.17, 15) is 0 Å². The topological polar surface area (TPSA) is 327 Å². The summed E-state index contributed by atoms with van der Waals surface area (Å²) >= 11 is 3.59. The highest BCUT2D eigenvalue weighted by molar-refractivity contribution is 8.12. The number of hydroxylamine groups is 2. The summed E-state index contributed by atoms with van der Waals surface area (Å²) in [5, 5.41) is 19.9. The Morgan fingerprint density at radius 2 is 1.02 bits per heavy atom. The van der Waals surface area contributed by atoms with Crippen LogP contribution in [0.15, 0.2) is 87.6 Å². The Labute approximate surface area is 500 Å². The minimum atomic E-state index is 0.458. The number of rotatable bonds is 0. The van der Waals surface area contributed by atoms with Crippen molar-refractivity contribution in [2.75, 3.05) is 136 Å². The van der Waals surface area contributed by atoms with Crippen LogP contribution in [0.1, 0.15) is 103 Å². The maximum absolute atomic E-state index is 4.78. The Hall–Kier alpha value is -6.66. The standard InChI is InChI=1S/C6H11N.C5H9N.C4H8N2.2C4H7NO.C4H7NS.C4H7N.C3H6N2O.2C3H6N2.2C3H5NO.C3H5NS.C2H4N2O.C2H2N2O/c1-2-4-6-7-5-3-1;1-2-4-6-5-3-1;2*1-2-5-4-6-3-1;1-2-4-6-5-3-1;1-2-5-4-6-3-1;1-2-4-5-3-1;1-2-6-5-3-4-1;1-2-5-3-4-1;1-2-4-5-3-1;1-2-5-3-4-1;1-2-4-5-3-1;1-2-5-3-4-1;2*1-3-2-5-4-1/h5H,1-4,6H2;4H,1-3,5H2;4H,1-3H2,(H,5,6);4H,1-3H2;3H,1-2,4H2;4H,1-3H2;3H,1-2,4H2;3H,1-2H2,(H,4,5);3H,1-2H2,(H,4,5);2,5H,1,3H2;3H,1-2H2;2H,1,3H2;3H,1-2H2;1H,2H2,(H,3,4);1-2H. The van der Waals surface area contributed by atoms with Crippen molar-refractivity contribution in [2.45, 2.75) is 103 Å². The fourth-order valence-electron chi connectivity index (χ4n) is 5.59. The second-order valence-electron chi connectivity index (χ2n) is 16.8. The van der Waals surface area contributed by atoms with Crippen LogP contribution in [0.25, 0.3) is 0 Å². The number of ether oxygens (including phenoxy) is 2. The van der Waals surface area contributed by atoms with Crippen molar-refractivity contribution in [3.63, 3.8) is 0 Å². The second kappa shape index (κ2) is 71.4. The van der Waals surface area contributed by atoms with Crippen LogP contribution in [-0.4, -0.2) is 233 Å². The van der Waals surface area contributed by atoms with E-state index in [0.29, 0.717) is 13.3 Å². The van der Waals surface area contributed by atoms with Gasteiger partial charge in [-0.3, -0.25) is 70.6 Å². The van der Waals surface area contributed by atoms with E-state index < -0.39 is 0 Å². The summed E-state index contributed by atoms with van der Waals surface area (Å²) in [7, 11) is 0. The van der Waals surface area contributed by atoms with Crippen LogP contribution >= 0.6 is 23.5 Å². The molecule has 15 heterocycles. The average Bonchev–Trinajstić information content (AvgIpc) is 4.43. The van der Waals surface area contributed by atoms with E-state index in [2.05, 4.69) is 136 Å². The van der Waals surface area contributed by atoms with E-state index in [1.807, 2.05) is 36.0 Å². The minimum Gasteiger partial charge on any atom is -0.483 e. The van der Waals surface area contributed by atoms with Gasteiger partial charge >= 0.3 is 0 Å². The van der Waals surface area contributed by atoms with Gasteiger partial charge in [-0.15, -0.1) is 23.5 Å². The van der Waals surface area contributed by atoms with Gasteiger partial charge in [-0.25, -0.2) is 9.98 Å². The van der Waals surface area contributed by atoms with Crippen molar-refractivity contribution in [1.29, 1.82) is 0 Å². The normalized spacial score (nSPS) is 19.5. The van der Waals surface area contributed by atoms with Gasteiger partial charge in [0.15, 0.2) is 25.9 Å². The first kappa shape index (κ1) is 74.4. The lowest BCUT2D eigenvalue weighted by Gasteiger charge is -2.02. The monoisotopic (exact) mass is 1200 g/mol. The Morgan fingerprint density at radius 1 is 0.386 bits per heavy atom. The highest BCUT2D eigenvalue weighted by atomic mass is 32.2. The van der Waals surface area contributed by atoms with Crippen molar-refractivity contribution in [3.8, 4) is 0 Å². The number of aliphatic imine (C=N–C) groups is 11. The predicted octanol–water partition coefficient (Wildman–Crippen LogP) is 6.01. The van der Waals surface area contributed by atoms with E-state index >= 15 is 0 Å². The summed E-state index contributed by atoms with van der Waals surface area (Å²) in [5.41, 5.74) is 11.6. The van der Waals surface area contributed by atoms with Gasteiger partial charge in [-0.1, -0.05) is 21.9 Å². The molecule has 0 aromatic carbocycles. The van der Waals surface area contributed by atoms with Gasteiger partial charge in [0, 0.05) is 115 Å². The molecule has 0 saturated carbocycles. The lowest BCUT2D eigenvalue weighted by atomic mass is 10.2. The summed E-state index contributed by atoms with van der Waals surface area (Å²) in [4.78, 5) is 64.6. The molecule has 30 heteroatoms.